The molecule has 112 valence electrons. The van der Waals surface area contributed by atoms with Gasteiger partial charge in [0.2, 0.25) is 0 Å². The molecule has 0 radical (unpaired) electrons. The largest absolute Gasteiger partial charge is 0.496 e. The number of carbonyl (C=O) groups is 1. The lowest BCUT2D eigenvalue weighted by atomic mass is 10.2. The molecule has 0 spiro atoms. The molecule has 22 heavy (non-hydrogen) atoms. The van der Waals surface area contributed by atoms with E-state index in [2.05, 4.69) is 15.4 Å². The second kappa shape index (κ2) is 6.03. The van der Waals surface area contributed by atoms with E-state index in [9.17, 15) is 4.79 Å². The van der Waals surface area contributed by atoms with Gasteiger partial charge in [0.15, 0.2) is 5.65 Å². The van der Waals surface area contributed by atoms with E-state index in [1.54, 1.807) is 25.4 Å². The van der Waals surface area contributed by atoms with Crippen molar-refractivity contribution in [2.75, 3.05) is 7.11 Å². The Morgan fingerprint density at radius 3 is 2.95 bits per heavy atom. The number of nitrogens with one attached hydrogen (secondary N) is 1. The first-order valence-corrected chi connectivity index (χ1v) is 6.97. The third kappa shape index (κ3) is 2.87. The SMILES string of the molecule is COc1ccccc1CNC(=O)c1cn2nc(Cl)ccc2n1. The number of rotatable bonds is 4. The van der Waals surface area contributed by atoms with Crippen molar-refractivity contribution in [3.05, 3.63) is 59.0 Å². The van der Waals surface area contributed by atoms with E-state index in [-0.39, 0.29) is 11.6 Å². The van der Waals surface area contributed by atoms with Crippen LogP contribution >= 0.6 is 11.6 Å². The number of aromatic nitrogens is 3. The molecule has 0 saturated heterocycles. The predicted octanol–water partition coefficient (Wildman–Crippen LogP) is 2.32. The van der Waals surface area contributed by atoms with E-state index in [0.717, 1.165) is 11.3 Å². The van der Waals surface area contributed by atoms with Gasteiger partial charge in [0, 0.05) is 12.1 Å². The number of benzene rings is 1. The lowest BCUT2D eigenvalue weighted by Gasteiger charge is -2.08. The summed E-state index contributed by atoms with van der Waals surface area (Å²) < 4.78 is 6.72. The van der Waals surface area contributed by atoms with Crippen LogP contribution in [-0.2, 0) is 6.54 Å². The number of para-hydroxylation sites is 1. The zero-order chi connectivity index (χ0) is 15.5. The number of hydrogen-bond acceptors (Lipinski definition) is 4. The van der Waals surface area contributed by atoms with Crippen molar-refractivity contribution in [2.45, 2.75) is 6.54 Å². The quantitative estimate of drug-likeness (QED) is 0.802. The molecule has 7 heteroatoms. The van der Waals surface area contributed by atoms with Crippen LogP contribution in [0.3, 0.4) is 0 Å². The number of ether oxygens (including phenoxy) is 1. The highest BCUT2D eigenvalue weighted by atomic mass is 35.5. The third-order valence-corrected chi connectivity index (χ3v) is 3.35. The zero-order valence-electron chi connectivity index (χ0n) is 11.8. The number of amides is 1. The minimum Gasteiger partial charge on any atom is -0.496 e. The van der Waals surface area contributed by atoms with Crippen LogP contribution in [0.25, 0.3) is 5.65 Å². The molecule has 6 nitrogen and oxygen atoms in total. The molecule has 3 rings (SSSR count). The average molecular weight is 317 g/mol. The molecule has 0 saturated carbocycles. The summed E-state index contributed by atoms with van der Waals surface area (Å²) in [5.41, 5.74) is 1.74. The minimum atomic E-state index is -0.285. The van der Waals surface area contributed by atoms with E-state index in [1.807, 2.05) is 24.3 Å². The zero-order valence-corrected chi connectivity index (χ0v) is 12.5. The maximum Gasteiger partial charge on any atom is 0.271 e. The number of imidazole rings is 1. The molecule has 0 fully saturated rings. The molecule has 2 aromatic heterocycles. The Morgan fingerprint density at radius 2 is 2.14 bits per heavy atom. The molecule has 1 N–H and O–H groups in total. The number of hydrogen-bond donors (Lipinski definition) is 1. The van der Waals surface area contributed by atoms with Crippen LogP contribution in [-0.4, -0.2) is 27.6 Å². The van der Waals surface area contributed by atoms with Crippen LogP contribution in [0.15, 0.2) is 42.6 Å². The van der Waals surface area contributed by atoms with Gasteiger partial charge in [-0.25, -0.2) is 9.50 Å². The average Bonchev–Trinajstić information content (AvgIpc) is 2.96. The fourth-order valence-electron chi connectivity index (χ4n) is 2.08. The van der Waals surface area contributed by atoms with Crippen molar-refractivity contribution in [3.8, 4) is 5.75 Å². The van der Waals surface area contributed by atoms with Crippen LogP contribution in [0.2, 0.25) is 5.15 Å². The lowest BCUT2D eigenvalue weighted by Crippen LogP contribution is -2.23. The molecular formula is C15H13ClN4O2. The number of carbonyl (C=O) groups excluding carboxylic acids is 1. The van der Waals surface area contributed by atoms with Gasteiger partial charge in [-0.2, -0.15) is 5.10 Å². The first kappa shape index (κ1) is 14.3. The summed E-state index contributed by atoms with van der Waals surface area (Å²) >= 11 is 5.81. The van der Waals surface area contributed by atoms with Gasteiger partial charge >= 0.3 is 0 Å². The number of fused-ring (bicyclic) bond motifs is 1. The normalized spacial score (nSPS) is 10.6. The Kier molecular flexibility index (Phi) is 3.93. The number of nitrogens with zero attached hydrogens (tertiary/aromatic N) is 3. The summed E-state index contributed by atoms with van der Waals surface area (Å²) in [6.07, 6.45) is 1.54. The summed E-state index contributed by atoms with van der Waals surface area (Å²) in [6, 6.07) is 10.8. The van der Waals surface area contributed by atoms with Gasteiger partial charge in [-0.15, -0.1) is 0 Å². The molecule has 3 aromatic rings. The molecule has 0 bridgehead atoms. The van der Waals surface area contributed by atoms with Crippen LogP contribution < -0.4 is 10.1 Å². The molecule has 0 aliphatic carbocycles. The van der Waals surface area contributed by atoms with Crippen molar-refractivity contribution < 1.29 is 9.53 Å². The van der Waals surface area contributed by atoms with Crippen molar-refractivity contribution in [2.24, 2.45) is 0 Å². The highest BCUT2D eigenvalue weighted by Gasteiger charge is 2.12. The maximum atomic E-state index is 12.2. The third-order valence-electron chi connectivity index (χ3n) is 3.15. The highest BCUT2D eigenvalue weighted by Crippen LogP contribution is 2.17. The Bertz CT molecular complexity index is 831. The van der Waals surface area contributed by atoms with Crippen molar-refractivity contribution in [3.63, 3.8) is 0 Å². The van der Waals surface area contributed by atoms with E-state index < -0.39 is 0 Å². The molecule has 1 amide bonds. The first-order valence-electron chi connectivity index (χ1n) is 6.59. The van der Waals surface area contributed by atoms with Crippen LogP contribution in [0.5, 0.6) is 5.75 Å². The first-order chi connectivity index (χ1) is 10.7. The molecule has 0 unspecified atom stereocenters. The van der Waals surface area contributed by atoms with Gasteiger partial charge in [-0.1, -0.05) is 29.8 Å². The van der Waals surface area contributed by atoms with E-state index in [0.29, 0.717) is 17.3 Å². The van der Waals surface area contributed by atoms with E-state index in [4.69, 9.17) is 16.3 Å². The van der Waals surface area contributed by atoms with Crippen LogP contribution in [0.1, 0.15) is 16.1 Å². The standard InChI is InChI=1S/C15H13ClN4O2/c1-22-12-5-3-2-4-10(12)8-17-15(21)11-9-20-14(18-11)7-6-13(16)19-20/h2-7,9H,8H2,1H3,(H,17,21). The predicted molar refractivity (Wildman–Crippen MR) is 82.2 cm³/mol. The fraction of sp³-hybridized carbons (Fsp3) is 0.133. The minimum absolute atomic E-state index is 0.282. The molecule has 2 heterocycles. The highest BCUT2D eigenvalue weighted by molar-refractivity contribution is 6.29. The second-order valence-corrected chi connectivity index (χ2v) is 4.97. The van der Waals surface area contributed by atoms with E-state index >= 15 is 0 Å². The molecule has 0 aliphatic rings. The summed E-state index contributed by atoms with van der Waals surface area (Å²) in [5.74, 6) is 0.443. The topological polar surface area (TPSA) is 68.5 Å². The van der Waals surface area contributed by atoms with Crippen molar-refractivity contribution >= 4 is 23.2 Å². The number of methoxy groups -OCH3 is 1. The molecular weight excluding hydrogens is 304 g/mol. The number of halogens is 1. The van der Waals surface area contributed by atoms with Crippen LogP contribution in [0.4, 0.5) is 0 Å². The lowest BCUT2D eigenvalue weighted by molar-refractivity contribution is 0.0946. The van der Waals surface area contributed by atoms with Crippen LogP contribution in [0, 0.1) is 0 Å². The molecule has 0 aliphatic heterocycles. The molecule has 0 atom stereocenters. The summed E-state index contributed by atoms with van der Waals surface area (Å²) in [4.78, 5) is 16.4. The Balaban J connectivity index is 1.76. The van der Waals surface area contributed by atoms with Gasteiger partial charge in [-0.3, -0.25) is 4.79 Å². The maximum absolute atomic E-state index is 12.2. The second-order valence-electron chi connectivity index (χ2n) is 4.58. The fourth-order valence-corrected chi connectivity index (χ4v) is 2.23. The van der Waals surface area contributed by atoms with Crippen molar-refractivity contribution in [1.29, 1.82) is 0 Å². The van der Waals surface area contributed by atoms with Gasteiger partial charge in [0.1, 0.15) is 16.6 Å². The Hall–Kier alpha value is -2.60. The monoisotopic (exact) mass is 316 g/mol. The van der Waals surface area contributed by atoms with Crippen molar-refractivity contribution in [1.82, 2.24) is 19.9 Å². The summed E-state index contributed by atoms with van der Waals surface area (Å²) in [6.45, 7) is 0.352. The smallest absolute Gasteiger partial charge is 0.271 e. The summed E-state index contributed by atoms with van der Waals surface area (Å²) in [5, 5.41) is 7.19. The Morgan fingerprint density at radius 1 is 1.32 bits per heavy atom. The van der Waals surface area contributed by atoms with Gasteiger partial charge < -0.3 is 10.1 Å². The van der Waals surface area contributed by atoms with Gasteiger partial charge in [0.25, 0.3) is 5.91 Å². The molecule has 1 aromatic carbocycles. The van der Waals surface area contributed by atoms with E-state index in [1.165, 1.54) is 4.52 Å². The van der Waals surface area contributed by atoms with Gasteiger partial charge in [-0.05, 0) is 18.2 Å². The van der Waals surface area contributed by atoms with Gasteiger partial charge in [0.05, 0.1) is 13.3 Å². The Labute approximate surface area is 131 Å². The summed E-state index contributed by atoms with van der Waals surface area (Å²) in [7, 11) is 1.60.